The molecule has 0 atom stereocenters. The minimum Gasteiger partial charge on any atom is -0.335 e. The number of thiazole rings is 1. The Morgan fingerprint density at radius 2 is 2.23 bits per heavy atom. The Hall–Kier alpha value is -1.99. The first-order chi connectivity index (χ1) is 10.4. The molecule has 116 valence electrons. The molecule has 0 spiro atoms. The molecule has 0 radical (unpaired) electrons. The first-order valence-corrected chi connectivity index (χ1v) is 7.74. The maximum absolute atomic E-state index is 12.4. The lowest BCUT2D eigenvalue weighted by atomic mass is 10.2. The summed E-state index contributed by atoms with van der Waals surface area (Å²) in [6.45, 7) is 2.42. The van der Waals surface area contributed by atoms with E-state index in [1.54, 1.807) is 24.6 Å². The van der Waals surface area contributed by atoms with Crippen molar-refractivity contribution in [3.8, 4) is 0 Å². The summed E-state index contributed by atoms with van der Waals surface area (Å²) in [6, 6.07) is 3.82. The first kappa shape index (κ1) is 16.4. The third-order valence-corrected chi connectivity index (χ3v) is 4.50. The monoisotopic (exact) mass is 339 g/mol. The third kappa shape index (κ3) is 3.61. The average molecular weight is 340 g/mol. The fourth-order valence-corrected chi connectivity index (χ4v) is 3.03. The zero-order valence-corrected chi connectivity index (χ0v) is 13.6. The van der Waals surface area contributed by atoms with Crippen LogP contribution in [0.5, 0.6) is 0 Å². The van der Waals surface area contributed by atoms with E-state index in [9.17, 15) is 14.9 Å². The summed E-state index contributed by atoms with van der Waals surface area (Å²) in [6.07, 6.45) is 2.71. The fourth-order valence-electron chi connectivity index (χ4n) is 1.86. The van der Waals surface area contributed by atoms with Crippen LogP contribution in [0.3, 0.4) is 0 Å². The van der Waals surface area contributed by atoms with E-state index in [1.165, 1.54) is 23.1 Å². The van der Waals surface area contributed by atoms with Gasteiger partial charge in [0, 0.05) is 30.3 Å². The number of nitro groups is 1. The Labute approximate surface area is 136 Å². The maximum Gasteiger partial charge on any atom is 0.270 e. The summed E-state index contributed by atoms with van der Waals surface area (Å²) in [4.78, 5) is 29.4. The van der Waals surface area contributed by atoms with Gasteiger partial charge in [-0.1, -0.05) is 18.5 Å². The molecule has 0 fully saturated rings. The van der Waals surface area contributed by atoms with E-state index < -0.39 is 4.92 Å². The van der Waals surface area contributed by atoms with Crippen molar-refractivity contribution in [2.24, 2.45) is 0 Å². The van der Waals surface area contributed by atoms with Gasteiger partial charge in [0.25, 0.3) is 11.6 Å². The normalized spacial score (nSPS) is 10.5. The summed E-state index contributed by atoms with van der Waals surface area (Å²) >= 11 is 7.53. The van der Waals surface area contributed by atoms with Crippen LogP contribution in [0.15, 0.2) is 24.4 Å². The van der Waals surface area contributed by atoms with Crippen LogP contribution >= 0.6 is 22.9 Å². The van der Waals surface area contributed by atoms with Gasteiger partial charge in [-0.3, -0.25) is 14.9 Å². The number of aromatic nitrogens is 1. The molecule has 0 aliphatic heterocycles. The van der Waals surface area contributed by atoms with Crippen LogP contribution in [0.4, 0.5) is 5.69 Å². The number of hydrogen-bond acceptors (Lipinski definition) is 5. The van der Waals surface area contributed by atoms with E-state index in [1.807, 2.05) is 6.92 Å². The lowest BCUT2D eigenvalue weighted by Crippen LogP contribution is -2.26. The van der Waals surface area contributed by atoms with Gasteiger partial charge >= 0.3 is 0 Å². The van der Waals surface area contributed by atoms with Crippen molar-refractivity contribution < 1.29 is 9.72 Å². The topological polar surface area (TPSA) is 76.3 Å². The van der Waals surface area contributed by atoms with Crippen LogP contribution in [0, 0.1) is 10.1 Å². The number of nitrogens with zero attached hydrogens (tertiary/aromatic N) is 3. The number of carbonyl (C=O) groups is 1. The molecule has 1 aromatic heterocycles. The van der Waals surface area contributed by atoms with Crippen molar-refractivity contribution in [1.82, 2.24) is 9.88 Å². The molecule has 0 unspecified atom stereocenters. The molecule has 22 heavy (non-hydrogen) atoms. The van der Waals surface area contributed by atoms with E-state index >= 15 is 0 Å². The van der Waals surface area contributed by atoms with Crippen molar-refractivity contribution in [3.05, 3.63) is 55.0 Å². The predicted octanol–water partition coefficient (Wildman–Crippen LogP) is 3.54. The maximum atomic E-state index is 12.4. The Balaban J connectivity index is 2.14. The largest absolute Gasteiger partial charge is 0.335 e. The summed E-state index contributed by atoms with van der Waals surface area (Å²) in [5.74, 6) is -0.298. The van der Waals surface area contributed by atoms with Crippen molar-refractivity contribution in [3.63, 3.8) is 0 Å². The molecule has 1 amide bonds. The summed E-state index contributed by atoms with van der Waals surface area (Å²) in [7, 11) is 1.65. The smallest absolute Gasteiger partial charge is 0.270 e. The lowest BCUT2D eigenvalue weighted by molar-refractivity contribution is -0.384. The highest BCUT2D eigenvalue weighted by atomic mass is 35.5. The summed E-state index contributed by atoms with van der Waals surface area (Å²) in [5.41, 5.74) is 0.0961. The van der Waals surface area contributed by atoms with Crippen molar-refractivity contribution in [2.75, 3.05) is 7.05 Å². The molecule has 0 saturated heterocycles. The molecule has 8 heteroatoms. The Morgan fingerprint density at radius 1 is 1.50 bits per heavy atom. The van der Waals surface area contributed by atoms with Gasteiger partial charge in [0.2, 0.25) is 0 Å². The Morgan fingerprint density at radius 3 is 2.77 bits per heavy atom. The second-order valence-electron chi connectivity index (χ2n) is 4.66. The van der Waals surface area contributed by atoms with Gasteiger partial charge in [-0.15, -0.1) is 11.3 Å². The number of benzene rings is 1. The van der Waals surface area contributed by atoms with Gasteiger partial charge in [0.05, 0.1) is 22.1 Å². The number of non-ortho nitro benzene ring substituents is 1. The number of carbonyl (C=O) groups excluding carboxylic acids is 1. The lowest BCUT2D eigenvalue weighted by Gasteiger charge is -2.16. The first-order valence-electron chi connectivity index (χ1n) is 6.55. The quantitative estimate of drug-likeness (QED) is 0.616. The van der Waals surface area contributed by atoms with Crippen LogP contribution < -0.4 is 0 Å². The van der Waals surface area contributed by atoms with Crippen LogP contribution in [-0.2, 0) is 13.0 Å². The molecule has 1 heterocycles. The highest BCUT2D eigenvalue weighted by Gasteiger charge is 2.19. The highest BCUT2D eigenvalue weighted by molar-refractivity contribution is 7.11. The standard InChI is InChI=1S/C14H14ClN3O3S/c1-3-10-7-16-13(22-10)8-17(2)14(19)11-5-4-9(18(20)21)6-12(11)15/h4-7H,3,8H2,1-2H3. The fraction of sp³-hybridized carbons (Fsp3) is 0.286. The molecule has 0 saturated carbocycles. The number of aryl methyl sites for hydroxylation is 1. The second-order valence-corrected chi connectivity index (χ2v) is 6.26. The number of rotatable bonds is 5. The van der Waals surface area contributed by atoms with Crippen molar-refractivity contribution >= 4 is 34.5 Å². The van der Waals surface area contributed by atoms with Crippen molar-refractivity contribution in [2.45, 2.75) is 19.9 Å². The van der Waals surface area contributed by atoms with Crippen LogP contribution in [0.1, 0.15) is 27.2 Å². The van der Waals surface area contributed by atoms with E-state index in [-0.39, 0.29) is 22.2 Å². The van der Waals surface area contributed by atoms with Gasteiger partial charge in [0.15, 0.2) is 0 Å². The minimum atomic E-state index is -0.550. The van der Waals surface area contributed by atoms with Crippen LogP contribution in [0.2, 0.25) is 5.02 Å². The van der Waals surface area contributed by atoms with Gasteiger partial charge < -0.3 is 4.90 Å². The second kappa shape index (κ2) is 6.85. The van der Waals surface area contributed by atoms with E-state index in [0.717, 1.165) is 16.3 Å². The summed E-state index contributed by atoms with van der Waals surface area (Å²) < 4.78 is 0. The molecule has 6 nitrogen and oxygen atoms in total. The van der Waals surface area contributed by atoms with Crippen LogP contribution in [-0.4, -0.2) is 27.8 Å². The Bertz CT molecular complexity index is 717. The molecule has 2 aromatic rings. The average Bonchev–Trinajstić information content (AvgIpc) is 2.93. The number of amides is 1. The molecule has 0 aliphatic rings. The third-order valence-electron chi connectivity index (χ3n) is 3.06. The van der Waals surface area contributed by atoms with E-state index in [2.05, 4.69) is 4.98 Å². The van der Waals surface area contributed by atoms with Crippen LogP contribution in [0.25, 0.3) is 0 Å². The highest BCUT2D eigenvalue weighted by Crippen LogP contribution is 2.24. The summed E-state index contributed by atoms with van der Waals surface area (Å²) in [5, 5.41) is 11.6. The molecule has 2 rings (SSSR count). The van der Waals surface area contributed by atoms with Gasteiger partial charge in [-0.25, -0.2) is 4.98 Å². The molecular formula is C14H14ClN3O3S. The van der Waals surface area contributed by atoms with Gasteiger partial charge in [0.1, 0.15) is 5.01 Å². The number of hydrogen-bond donors (Lipinski definition) is 0. The number of nitro benzene ring substituents is 1. The molecule has 0 N–H and O–H groups in total. The molecular weight excluding hydrogens is 326 g/mol. The van der Waals surface area contributed by atoms with E-state index in [0.29, 0.717) is 6.54 Å². The van der Waals surface area contributed by atoms with Gasteiger partial charge in [-0.05, 0) is 12.5 Å². The zero-order valence-electron chi connectivity index (χ0n) is 12.1. The minimum absolute atomic E-state index is 0.0689. The van der Waals surface area contributed by atoms with E-state index in [4.69, 9.17) is 11.6 Å². The Kier molecular flexibility index (Phi) is 5.10. The zero-order chi connectivity index (χ0) is 16.3. The van der Waals surface area contributed by atoms with Crippen molar-refractivity contribution in [1.29, 1.82) is 0 Å². The van der Waals surface area contributed by atoms with Gasteiger partial charge in [-0.2, -0.15) is 0 Å². The predicted molar refractivity (Wildman–Crippen MR) is 85.4 cm³/mol. The molecule has 0 bridgehead atoms. The molecule has 0 aliphatic carbocycles. The SMILES string of the molecule is CCc1cnc(CN(C)C(=O)c2ccc([N+](=O)[O-])cc2Cl)s1. The number of halogens is 1. The molecule has 1 aromatic carbocycles.